The highest BCUT2D eigenvalue weighted by Crippen LogP contribution is 2.11. The van der Waals surface area contributed by atoms with E-state index in [9.17, 15) is 34.8 Å². The van der Waals surface area contributed by atoms with E-state index in [-0.39, 0.29) is 0 Å². The number of ketones is 1. The molecule has 0 aliphatic heterocycles. The molecule has 0 aliphatic carbocycles. The molecule has 206 valence electrons. The van der Waals surface area contributed by atoms with Crippen LogP contribution < -0.4 is 16.4 Å². The Balaban J connectivity index is 4.58. The summed E-state index contributed by atoms with van der Waals surface area (Å²) in [6.07, 6.45) is 3.80. The molecule has 0 saturated carbocycles. The molecule has 11 heteroatoms. The first kappa shape index (κ1) is 33.4. The average Bonchev–Trinajstić information content (AvgIpc) is 2.81. The maximum Gasteiger partial charge on any atom is 0.237 e. The first-order valence-corrected chi connectivity index (χ1v) is 12.7. The predicted molar refractivity (Wildman–Crippen MR) is 131 cm³/mol. The van der Waals surface area contributed by atoms with Gasteiger partial charge >= 0.3 is 0 Å². The minimum Gasteiger partial charge on any atom is -0.394 e. The lowest BCUT2D eigenvalue weighted by Gasteiger charge is -2.28. The lowest BCUT2D eigenvalue weighted by Crippen LogP contribution is -2.52. The van der Waals surface area contributed by atoms with Crippen molar-refractivity contribution in [1.29, 1.82) is 0 Å². The highest BCUT2D eigenvalue weighted by molar-refractivity contribution is 5.93. The number of aliphatic hydroxyl groups excluding tert-OH is 4. The Bertz CT molecular complexity index is 605. The largest absolute Gasteiger partial charge is 0.394 e. The minimum atomic E-state index is -1.45. The fourth-order valence-corrected chi connectivity index (χ4v) is 3.50. The summed E-state index contributed by atoms with van der Waals surface area (Å²) in [5, 5.41) is 42.9. The van der Waals surface area contributed by atoms with Crippen LogP contribution in [0.1, 0.15) is 85.0 Å². The maximum absolute atomic E-state index is 12.4. The standard InChI is InChI=1S/C24H47N3O8/c1-4-5-6-7-8-9-10-11-12-18(25)24(34)26-19(16(2)30)13-21(32)27-22(15-29)35-20(14-28)23(33)17(3)31/h17-20,22-23,28-29,31,33H,4-15,25H2,1-3H3,(H,26,34)(H,27,32)/t17-,18?,19?,20?,22-,23+/m1/s1. The smallest absolute Gasteiger partial charge is 0.237 e. The molecule has 35 heavy (non-hydrogen) atoms. The second-order valence-corrected chi connectivity index (χ2v) is 9.07. The third-order valence-corrected chi connectivity index (χ3v) is 5.78. The molecule has 0 bridgehead atoms. The zero-order chi connectivity index (χ0) is 26.8. The lowest BCUT2D eigenvalue weighted by atomic mass is 10.0. The van der Waals surface area contributed by atoms with E-state index in [1.54, 1.807) is 0 Å². The molecule has 0 spiro atoms. The minimum absolute atomic E-state index is 0.409. The molecular formula is C24H47N3O8. The van der Waals surface area contributed by atoms with E-state index in [0.29, 0.717) is 6.42 Å². The van der Waals surface area contributed by atoms with Crippen LogP contribution in [-0.4, -0.2) is 87.9 Å². The summed E-state index contributed by atoms with van der Waals surface area (Å²) in [5.74, 6) is -1.66. The van der Waals surface area contributed by atoms with Crippen LogP contribution in [0.5, 0.6) is 0 Å². The van der Waals surface area contributed by atoms with Gasteiger partial charge in [0.05, 0.1) is 37.8 Å². The fraction of sp³-hybridized carbons (Fsp3) is 0.875. The van der Waals surface area contributed by atoms with E-state index in [2.05, 4.69) is 17.6 Å². The molecule has 3 unspecified atom stereocenters. The van der Waals surface area contributed by atoms with Gasteiger partial charge in [0.25, 0.3) is 0 Å². The summed E-state index contributed by atoms with van der Waals surface area (Å²) in [4.78, 5) is 36.8. The maximum atomic E-state index is 12.4. The van der Waals surface area contributed by atoms with Crippen molar-refractivity contribution in [3.63, 3.8) is 0 Å². The third-order valence-electron chi connectivity index (χ3n) is 5.78. The van der Waals surface area contributed by atoms with Crippen molar-refractivity contribution in [3.8, 4) is 0 Å². The van der Waals surface area contributed by atoms with Crippen molar-refractivity contribution < 1.29 is 39.5 Å². The molecular weight excluding hydrogens is 458 g/mol. The van der Waals surface area contributed by atoms with E-state index in [1.165, 1.54) is 46.0 Å². The second kappa shape index (κ2) is 19.5. The van der Waals surface area contributed by atoms with Crippen molar-refractivity contribution in [2.75, 3.05) is 13.2 Å². The fourth-order valence-electron chi connectivity index (χ4n) is 3.50. The summed E-state index contributed by atoms with van der Waals surface area (Å²) >= 11 is 0. The summed E-state index contributed by atoms with van der Waals surface area (Å²) in [6.45, 7) is 3.36. The number of ether oxygens (including phenoxy) is 1. The van der Waals surface area contributed by atoms with Crippen LogP contribution in [0.4, 0.5) is 0 Å². The Morgan fingerprint density at radius 1 is 0.914 bits per heavy atom. The summed E-state index contributed by atoms with van der Waals surface area (Å²) < 4.78 is 5.26. The lowest BCUT2D eigenvalue weighted by molar-refractivity contribution is -0.153. The number of aliphatic hydroxyl groups is 4. The summed E-state index contributed by atoms with van der Waals surface area (Å²) in [6, 6.07) is -1.90. The van der Waals surface area contributed by atoms with E-state index in [1.807, 2.05) is 0 Å². The highest BCUT2D eigenvalue weighted by atomic mass is 16.5. The zero-order valence-electron chi connectivity index (χ0n) is 21.4. The van der Waals surface area contributed by atoms with Crippen molar-refractivity contribution in [2.24, 2.45) is 5.73 Å². The number of carbonyl (C=O) groups is 3. The monoisotopic (exact) mass is 505 g/mol. The van der Waals surface area contributed by atoms with Gasteiger partial charge < -0.3 is 41.5 Å². The van der Waals surface area contributed by atoms with Gasteiger partial charge in [-0.2, -0.15) is 0 Å². The molecule has 0 aromatic rings. The first-order chi connectivity index (χ1) is 16.6. The summed E-state index contributed by atoms with van der Waals surface area (Å²) in [5.41, 5.74) is 5.96. The molecule has 0 aromatic carbocycles. The van der Waals surface area contributed by atoms with E-state index in [0.717, 1.165) is 19.3 Å². The Labute approximate surface area is 208 Å². The van der Waals surface area contributed by atoms with Gasteiger partial charge in [0, 0.05) is 0 Å². The number of hydrogen-bond acceptors (Lipinski definition) is 9. The van der Waals surface area contributed by atoms with Gasteiger partial charge in [-0.15, -0.1) is 0 Å². The van der Waals surface area contributed by atoms with E-state index in [4.69, 9.17) is 10.5 Å². The van der Waals surface area contributed by atoms with Crippen LogP contribution in [0.25, 0.3) is 0 Å². The number of amides is 2. The molecule has 0 fully saturated rings. The molecule has 11 nitrogen and oxygen atoms in total. The molecule has 2 amide bonds. The van der Waals surface area contributed by atoms with Crippen LogP contribution in [0.15, 0.2) is 0 Å². The molecule has 6 atom stereocenters. The first-order valence-electron chi connectivity index (χ1n) is 12.7. The van der Waals surface area contributed by atoms with Gasteiger partial charge in [0.15, 0.2) is 12.0 Å². The quantitative estimate of drug-likeness (QED) is 0.0821. The molecule has 0 saturated heterocycles. The number of Topliss-reactive ketones (excluding diaryl/α,β-unsaturated/α-hetero) is 1. The Morgan fingerprint density at radius 3 is 1.97 bits per heavy atom. The summed E-state index contributed by atoms with van der Waals surface area (Å²) in [7, 11) is 0. The van der Waals surface area contributed by atoms with E-state index >= 15 is 0 Å². The Kier molecular flexibility index (Phi) is 18.6. The molecule has 0 radical (unpaired) electrons. The van der Waals surface area contributed by atoms with Crippen molar-refractivity contribution in [3.05, 3.63) is 0 Å². The predicted octanol–water partition coefficient (Wildman–Crippen LogP) is -0.138. The van der Waals surface area contributed by atoms with Crippen LogP contribution in [0, 0.1) is 0 Å². The molecule has 0 heterocycles. The molecule has 0 aliphatic rings. The number of carbonyl (C=O) groups excluding carboxylic acids is 3. The SMILES string of the molecule is CCCCCCCCCCC(N)C(=O)NC(CC(=O)N[C@@H](CO)OC(CO)[C@@H](O)[C@@H](C)O)C(C)=O. The average molecular weight is 506 g/mol. The van der Waals surface area contributed by atoms with Crippen LogP contribution in [0.3, 0.4) is 0 Å². The third kappa shape index (κ3) is 15.2. The highest BCUT2D eigenvalue weighted by Gasteiger charge is 2.29. The number of nitrogens with one attached hydrogen (secondary N) is 2. The van der Waals surface area contributed by atoms with Gasteiger partial charge in [0.1, 0.15) is 12.2 Å². The molecule has 0 rings (SSSR count). The van der Waals surface area contributed by atoms with Gasteiger partial charge in [-0.3, -0.25) is 14.4 Å². The number of rotatable bonds is 21. The Morgan fingerprint density at radius 2 is 1.49 bits per heavy atom. The van der Waals surface area contributed by atoms with Crippen LogP contribution >= 0.6 is 0 Å². The topological polar surface area (TPSA) is 191 Å². The van der Waals surface area contributed by atoms with Gasteiger partial charge in [0.2, 0.25) is 11.8 Å². The van der Waals surface area contributed by atoms with Crippen LogP contribution in [-0.2, 0) is 19.1 Å². The zero-order valence-corrected chi connectivity index (χ0v) is 21.4. The van der Waals surface area contributed by atoms with Gasteiger partial charge in [-0.05, 0) is 20.3 Å². The molecule has 0 aromatic heterocycles. The van der Waals surface area contributed by atoms with Gasteiger partial charge in [-0.1, -0.05) is 58.3 Å². The van der Waals surface area contributed by atoms with Crippen LogP contribution in [0.2, 0.25) is 0 Å². The van der Waals surface area contributed by atoms with Crippen molar-refractivity contribution in [2.45, 2.75) is 122 Å². The van der Waals surface area contributed by atoms with Gasteiger partial charge in [-0.25, -0.2) is 0 Å². The number of unbranched alkanes of at least 4 members (excludes halogenated alkanes) is 7. The number of hydrogen-bond donors (Lipinski definition) is 7. The molecule has 8 N–H and O–H groups in total. The Hall–Kier alpha value is -1.63. The van der Waals surface area contributed by atoms with Crippen molar-refractivity contribution >= 4 is 17.6 Å². The second-order valence-electron chi connectivity index (χ2n) is 9.07. The normalized spacial score (nSPS) is 16.6. The number of nitrogens with two attached hydrogens (primary N) is 1. The van der Waals surface area contributed by atoms with Crippen molar-refractivity contribution in [1.82, 2.24) is 10.6 Å². The van der Waals surface area contributed by atoms with E-state index < -0.39 is 73.9 Å².